The van der Waals surface area contributed by atoms with Crippen molar-refractivity contribution >= 4 is 21.7 Å². The van der Waals surface area contributed by atoms with Gasteiger partial charge < -0.3 is 21.7 Å². The van der Waals surface area contributed by atoms with Gasteiger partial charge in [-0.15, -0.1) is 0 Å². The standard InChI is InChI=1S/C4H8O.C4H9.BrH.Mg/c1-2-4-5-3-1;1-4(2)3;;/h1-4H2;1-3H3;1H;/q;;;+1/p-1. The minimum atomic E-state index is 0. The van der Waals surface area contributed by atoms with Crippen LogP contribution in [0.4, 0.5) is 0 Å². The molecule has 0 aromatic rings. The van der Waals surface area contributed by atoms with Crippen LogP contribution in [0.1, 0.15) is 33.6 Å². The third-order valence-electron chi connectivity index (χ3n) is 0.827. The van der Waals surface area contributed by atoms with Crippen LogP contribution in [0.3, 0.4) is 0 Å². The van der Waals surface area contributed by atoms with Gasteiger partial charge in [0.05, 0.1) is 0 Å². The maximum atomic E-state index is 4.94. The van der Waals surface area contributed by atoms with Crippen LogP contribution >= 0.6 is 0 Å². The van der Waals surface area contributed by atoms with Crippen LogP contribution in [-0.2, 0) is 4.74 Å². The maximum Gasteiger partial charge on any atom is -1.00 e. The Balaban J connectivity index is 0. The van der Waals surface area contributed by atoms with Crippen LogP contribution in [0, 0.1) is 0 Å². The van der Waals surface area contributed by atoms with Crippen molar-refractivity contribution in [3.63, 3.8) is 0 Å². The van der Waals surface area contributed by atoms with Crippen molar-refractivity contribution < 1.29 is 21.7 Å². The number of hydrogen-bond acceptors (Lipinski definition) is 1. The summed E-state index contributed by atoms with van der Waals surface area (Å²) in [5, 5.41) is 0. The van der Waals surface area contributed by atoms with E-state index in [4.69, 9.17) is 4.74 Å². The Labute approximate surface area is 93.5 Å². The molecule has 0 aromatic carbocycles. The van der Waals surface area contributed by atoms with E-state index in [-0.39, 0.29) is 17.0 Å². The molecule has 1 nitrogen and oxygen atoms in total. The molecule has 0 amide bonds. The summed E-state index contributed by atoms with van der Waals surface area (Å²) < 4.78 is 5.47. The van der Waals surface area contributed by atoms with Crippen molar-refractivity contribution in [1.29, 1.82) is 0 Å². The van der Waals surface area contributed by atoms with Gasteiger partial charge in [-0.05, 0) is 12.8 Å². The van der Waals surface area contributed by atoms with E-state index in [1.807, 2.05) is 21.7 Å². The molecular formula is C8H17BrMgO. The molecule has 0 unspecified atom stereocenters. The van der Waals surface area contributed by atoms with E-state index in [1.54, 1.807) is 0 Å². The second-order valence-corrected chi connectivity index (χ2v) is 6.00. The molecule has 1 rings (SSSR count). The van der Waals surface area contributed by atoms with Gasteiger partial charge in [-0.3, -0.25) is 0 Å². The fourth-order valence-corrected chi connectivity index (χ4v) is 0.510. The summed E-state index contributed by atoms with van der Waals surface area (Å²) in [7, 11) is 0. The average Bonchev–Trinajstić information content (AvgIpc) is 2.07. The van der Waals surface area contributed by atoms with Crippen molar-refractivity contribution in [1.82, 2.24) is 0 Å². The Morgan fingerprint density at radius 3 is 1.45 bits per heavy atom. The number of rotatable bonds is 0. The zero-order valence-electron chi connectivity index (χ0n) is 7.82. The molecule has 1 heterocycles. The summed E-state index contributed by atoms with van der Waals surface area (Å²) in [5.74, 6) is 0. The van der Waals surface area contributed by atoms with Crippen molar-refractivity contribution in [3.05, 3.63) is 0 Å². The second-order valence-electron chi connectivity index (χ2n) is 3.88. The van der Waals surface area contributed by atoms with Crippen molar-refractivity contribution in [2.75, 3.05) is 13.2 Å². The first-order chi connectivity index (χ1) is 4.50. The first-order valence-electron chi connectivity index (χ1n) is 3.93. The SMILES string of the molecule is C1CCOC1.C[C](C)(C)[Mg+].[Br-]. The number of hydrogen-bond donors (Lipinski definition) is 0. The van der Waals surface area contributed by atoms with E-state index in [2.05, 4.69) is 20.8 Å². The molecule has 1 fully saturated rings. The second kappa shape index (κ2) is 7.83. The Kier molecular flexibility index (Phi) is 10.5. The molecule has 3 heteroatoms. The molecule has 64 valence electrons. The predicted octanol–water partition coefficient (Wildman–Crippen LogP) is -0.826. The molecule has 0 saturated carbocycles. The molecule has 11 heavy (non-hydrogen) atoms. The molecule has 0 spiro atoms. The smallest absolute Gasteiger partial charge is 1.00 e. The molecule has 1 aliphatic rings. The van der Waals surface area contributed by atoms with E-state index < -0.39 is 0 Å². The van der Waals surface area contributed by atoms with Gasteiger partial charge in [0.2, 0.25) is 0 Å². The Morgan fingerprint density at radius 2 is 1.36 bits per heavy atom. The third kappa shape index (κ3) is 24.7. The topological polar surface area (TPSA) is 9.23 Å². The van der Waals surface area contributed by atoms with Gasteiger partial charge in [0.15, 0.2) is 0 Å². The van der Waals surface area contributed by atoms with Gasteiger partial charge in [-0.25, -0.2) is 0 Å². The first-order valence-corrected chi connectivity index (χ1v) is 4.64. The fourth-order valence-electron chi connectivity index (χ4n) is 0.510. The summed E-state index contributed by atoms with van der Waals surface area (Å²) in [5.41, 5.74) is 0. The van der Waals surface area contributed by atoms with E-state index in [1.165, 1.54) is 12.8 Å². The molecule has 0 N–H and O–H groups in total. The first kappa shape index (κ1) is 14.7. The molecule has 1 aliphatic heterocycles. The number of halogens is 1. The minimum absolute atomic E-state index is 0. The van der Waals surface area contributed by atoms with E-state index in [0.29, 0.717) is 3.54 Å². The Bertz CT molecular complexity index is 63.0. The normalized spacial score (nSPS) is 16.5. The maximum absolute atomic E-state index is 4.94. The van der Waals surface area contributed by atoms with Gasteiger partial charge in [0.1, 0.15) is 0 Å². The van der Waals surface area contributed by atoms with Gasteiger partial charge in [-0.2, -0.15) is 0 Å². The van der Waals surface area contributed by atoms with Crippen LogP contribution < -0.4 is 17.0 Å². The van der Waals surface area contributed by atoms with Crippen molar-refractivity contribution in [2.45, 2.75) is 37.2 Å². The Morgan fingerprint density at radius 1 is 1.09 bits per heavy atom. The third-order valence-corrected chi connectivity index (χ3v) is 0.827. The number of ether oxygens (including phenoxy) is 1. The molecule has 0 atom stereocenters. The van der Waals surface area contributed by atoms with E-state index in [9.17, 15) is 0 Å². The molecule has 0 radical (unpaired) electrons. The van der Waals surface area contributed by atoms with Crippen LogP contribution in [0.15, 0.2) is 0 Å². The van der Waals surface area contributed by atoms with Crippen LogP contribution in [-0.4, -0.2) is 34.9 Å². The minimum Gasteiger partial charge on any atom is -1.00 e. The molecular weight excluding hydrogens is 216 g/mol. The fraction of sp³-hybridized carbons (Fsp3) is 1.00. The molecule has 0 aromatic heterocycles. The van der Waals surface area contributed by atoms with E-state index in [0.717, 1.165) is 13.2 Å². The van der Waals surface area contributed by atoms with Crippen LogP contribution in [0.5, 0.6) is 0 Å². The summed E-state index contributed by atoms with van der Waals surface area (Å²) in [4.78, 5) is 0. The predicted molar refractivity (Wildman–Crippen MR) is 45.5 cm³/mol. The zero-order chi connectivity index (χ0) is 8.04. The van der Waals surface area contributed by atoms with Crippen LogP contribution in [0.25, 0.3) is 0 Å². The summed E-state index contributed by atoms with van der Waals surface area (Å²) in [6.07, 6.45) is 2.56. The summed E-state index contributed by atoms with van der Waals surface area (Å²) in [6, 6.07) is 0. The molecule has 0 bridgehead atoms. The summed E-state index contributed by atoms with van der Waals surface area (Å²) in [6.45, 7) is 8.60. The quantitative estimate of drug-likeness (QED) is 0.497. The Hall–Kier alpha value is 1.21. The van der Waals surface area contributed by atoms with Crippen LogP contribution in [0.2, 0.25) is 3.54 Å². The van der Waals surface area contributed by atoms with Crippen molar-refractivity contribution in [2.24, 2.45) is 0 Å². The average molecular weight is 233 g/mol. The monoisotopic (exact) mass is 232 g/mol. The molecule has 1 saturated heterocycles. The van der Waals surface area contributed by atoms with E-state index >= 15 is 0 Å². The summed E-state index contributed by atoms with van der Waals surface area (Å²) >= 11 is 2.01. The molecule has 0 aliphatic carbocycles. The van der Waals surface area contributed by atoms with Gasteiger partial charge in [0.25, 0.3) is 0 Å². The largest absolute Gasteiger partial charge is 1.00 e. The van der Waals surface area contributed by atoms with Gasteiger partial charge in [-0.1, -0.05) is 0 Å². The van der Waals surface area contributed by atoms with Crippen molar-refractivity contribution in [3.8, 4) is 0 Å². The van der Waals surface area contributed by atoms with Gasteiger partial charge in [0, 0.05) is 13.2 Å². The zero-order valence-corrected chi connectivity index (χ0v) is 10.8. The van der Waals surface area contributed by atoms with Gasteiger partial charge >= 0.3 is 46.0 Å².